The highest BCUT2D eigenvalue weighted by Gasteiger charge is 2.22. The number of hydrogen-bond donors (Lipinski definition) is 0. The molecule has 12 rings (SSSR count). The first kappa shape index (κ1) is 34.7. The molecule has 0 N–H and O–H groups in total. The normalized spacial score (nSPS) is 11.6. The van der Waals surface area contributed by atoms with E-state index in [1.165, 1.54) is 16.2 Å². The number of rotatable bonds is 6. The van der Waals surface area contributed by atoms with Gasteiger partial charge in [-0.15, -0.1) is 0 Å². The Morgan fingerprint density at radius 1 is 0.311 bits per heavy atom. The lowest BCUT2D eigenvalue weighted by Crippen LogP contribution is -2.00. The van der Waals surface area contributed by atoms with Gasteiger partial charge >= 0.3 is 0 Å². The number of aromatic nitrogens is 4. The Morgan fingerprint density at radius 2 is 0.820 bits per heavy atom. The van der Waals surface area contributed by atoms with Crippen molar-refractivity contribution in [1.82, 2.24) is 19.9 Å². The van der Waals surface area contributed by atoms with Crippen LogP contribution >= 0.6 is 0 Å². The third-order valence-electron chi connectivity index (χ3n) is 11.7. The fourth-order valence-corrected chi connectivity index (χ4v) is 8.78. The molecule has 0 aliphatic heterocycles. The average molecular weight is 779 g/mol. The standard InChI is InChI=1S/C56H34N4O/c1-3-14-35(15-4-1)36-26-30-39(31-27-36)55-58-54(38-16-5-2-6-17-38)59-56(60-55)40-32-28-37(29-33-40)43-23-13-24-48-50(43)53-51(46-22-11-12-25-49(46)61-53)52(57-48)47-34-41-18-7-8-19-42(41)44-20-9-10-21-45(44)47/h1-34H. The van der Waals surface area contributed by atoms with Crippen LogP contribution in [0.25, 0.3) is 122 Å². The van der Waals surface area contributed by atoms with Gasteiger partial charge in [-0.2, -0.15) is 0 Å². The molecular weight excluding hydrogens is 745 g/mol. The van der Waals surface area contributed by atoms with Gasteiger partial charge in [0.05, 0.1) is 22.0 Å². The van der Waals surface area contributed by atoms with Crippen molar-refractivity contribution in [2.45, 2.75) is 0 Å². The van der Waals surface area contributed by atoms with Gasteiger partial charge in [0.15, 0.2) is 17.5 Å². The average Bonchev–Trinajstić information content (AvgIpc) is 3.74. The number of fused-ring (bicyclic) bond motifs is 8. The maximum absolute atomic E-state index is 6.86. The van der Waals surface area contributed by atoms with Gasteiger partial charge in [0.1, 0.15) is 11.2 Å². The largest absolute Gasteiger partial charge is 0.455 e. The summed E-state index contributed by atoms with van der Waals surface area (Å²) < 4.78 is 6.86. The zero-order chi connectivity index (χ0) is 40.3. The summed E-state index contributed by atoms with van der Waals surface area (Å²) in [6.45, 7) is 0. The molecule has 3 heterocycles. The van der Waals surface area contributed by atoms with E-state index in [1.54, 1.807) is 0 Å². The zero-order valence-corrected chi connectivity index (χ0v) is 32.8. The van der Waals surface area contributed by atoms with Gasteiger partial charge in [-0.1, -0.05) is 188 Å². The number of para-hydroxylation sites is 1. The van der Waals surface area contributed by atoms with E-state index in [4.69, 9.17) is 24.4 Å². The predicted octanol–water partition coefficient (Wildman–Crippen LogP) is 14.6. The van der Waals surface area contributed by atoms with Crippen LogP contribution in [0.3, 0.4) is 0 Å². The zero-order valence-electron chi connectivity index (χ0n) is 32.8. The van der Waals surface area contributed by atoms with Crippen LogP contribution in [0.15, 0.2) is 211 Å². The van der Waals surface area contributed by atoms with Crippen LogP contribution in [0.4, 0.5) is 0 Å². The second kappa shape index (κ2) is 14.2. The van der Waals surface area contributed by atoms with Gasteiger partial charge in [0, 0.05) is 27.6 Å². The molecule has 5 heteroatoms. The first-order valence-corrected chi connectivity index (χ1v) is 20.5. The Morgan fingerprint density at radius 3 is 1.51 bits per heavy atom. The summed E-state index contributed by atoms with van der Waals surface area (Å²) in [7, 11) is 0. The van der Waals surface area contributed by atoms with Gasteiger partial charge in [-0.3, -0.25) is 0 Å². The predicted molar refractivity (Wildman–Crippen MR) is 250 cm³/mol. The molecule has 0 saturated carbocycles. The number of benzene rings is 9. The first-order valence-electron chi connectivity index (χ1n) is 20.5. The van der Waals surface area contributed by atoms with Crippen LogP contribution in [0.1, 0.15) is 0 Å². The molecule has 0 amide bonds. The van der Waals surface area contributed by atoms with Crippen molar-refractivity contribution in [3.63, 3.8) is 0 Å². The lowest BCUT2D eigenvalue weighted by atomic mass is 9.92. The van der Waals surface area contributed by atoms with Crippen LogP contribution in [0.2, 0.25) is 0 Å². The van der Waals surface area contributed by atoms with Gasteiger partial charge < -0.3 is 4.42 Å². The van der Waals surface area contributed by atoms with Crippen LogP contribution in [0, 0.1) is 0 Å². The summed E-state index contributed by atoms with van der Waals surface area (Å²) in [6, 6.07) is 71.5. The highest BCUT2D eigenvalue weighted by atomic mass is 16.3. The first-order chi connectivity index (χ1) is 30.2. The summed E-state index contributed by atoms with van der Waals surface area (Å²) in [6.07, 6.45) is 0. The molecule has 284 valence electrons. The van der Waals surface area contributed by atoms with E-state index in [2.05, 4.69) is 158 Å². The quantitative estimate of drug-likeness (QED) is 0.157. The van der Waals surface area contributed by atoms with Crippen LogP contribution in [0.5, 0.6) is 0 Å². The topological polar surface area (TPSA) is 64.7 Å². The van der Waals surface area contributed by atoms with Crippen molar-refractivity contribution in [2.75, 3.05) is 0 Å². The summed E-state index contributed by atoms with van der Waals surface area (Å²) in [5.41, 5.74) is 11.6. The Hall–Kier alpha value is -8.28. The Kier molecular flexibility index (Phi) is 8.10. The molecule has 12 aromatic rings. The van der Waals surface area contributed by atoms with Crippen molar-refractivity contribution < 1.29 is 4.42 Å². The summed E-state index contributed by atoms with van der Waals surface area (Å²) >= 11 is 0. The Balaban J connectivity index is 1.00. The van der Waals surface area contributed by atoms with E-state index < -0.39 is 0 Å². The fraction of sp³-hybridized carbons (Fsp3) is 0. The molecule has 61 heavy (non-hydrogen) atoms. The third kappa shape index (κ3) is 5.94. The second-order valence-electron chi connectivity index (χ2n) is 15.3. The van der Waals surface area contributed by atoms with Gasteiger partial charge in [-0.05, 0) is 62.0 Å². The lowest BCUT2D eigenvalue weighted by Gasteiger charge is -2.14. The summed E-state index contributed by atoms with van der Waals surface area (Å²) in [4.78, 5) is 20.6. The highest BCUT2D eigenvalue weighted by Crippen LogP contribution is 2.45. The molecule has 0 atom stereocenters. The molecule has 0 unspecified atom stereocenters. The molecule has 0 bridgehead atoms. The van der Waals surface area contributed by atoms with Crippen LogP contribution in [-0.4, -0.2) is 19.9 Å². The van der Waals surface area contributed by atoms with E-state index in [0.29, 0.717) is 17.5 Å². The fourth-order valence-electron chi connectivity index (χ4n) is 8.78. The Labute approximate surface area is 351 Å². The van der Waals surface area contributed by atoms with E-state index in [9.17, 15) is 0 Å². The number of nitrogens with zero attached hydrogens (tertiary/aromatic N) is 4. The minimum Gasteiger partial charge on any atom is -0.455 e. The molecule has 0 fully saturated rings. The van der Waals surface area contributed by atoms with E-state index in [0.717, 1.165) is 88.4 Å². The van der Waals surface area contributed by atoms with Crippen molar-refractivity contribution in [1.29, 1.82) is 0 Å². The van der Waals surface area contributed by atoms with E-state index in [1.807, 2.05) is 48.5 Å². The van der Waals surface area contributed by atoms with Gasteiger partial charge in [0.25, 0.3) is 0 Å². The number of hydrogen-bond acceptors (Lipinski definition) is 5. The minimum atomic E-state index is 0.606. The molecule has 0 radical (unpaired) electrons. The molecule has 0 saturated heterocycles. The molecule has 0 aliphatic carbocycles. The molecule has 5 nitrogen and oxygen atoms in total. The number of furan rings is 1. The van der Waals surface area contributed by atoms with Crippen molar-refractivity contribution in [2.24, 2.45) is 0 Å². The summed E-state index contributed by atoms with van der Waals surface area (Å²) in [5, 5.41) is 7.79. The van der Waals surface area contributed by atoms with E-state index >= 15 is 0 Å². The minimum absolute atomic E-state index is 0.606. The van der Waals surface area contributed by atoms with Crippen LogP contribution in [-0.2, 0) is 0 Å². The SMILES string of the molecule is c1ccc(-c2ccc(-c3nc(-c4ccccc4)nc(-c4ccc(-c5cccc6nc(-c7cc8ccccc8c8ccccc78)c7c8ccccc8oc7c56)cc4)n3)cc2)cc1. The van der Waals surface area contributed by atoms with Crippen molar-refractivity contribution in [3.8, 4) is 67.7 Å². The van der Waals surface area contributed by atoms with Gasteiger partial charge in [0.2, 0.25) is 0 Å². The maximum Gasteiger partial charge on any atom is 0.164 e. The van der Waals surface area contributed by atoms with Gasteiger partial charge in [-0.25, -0.2) is 19.9 Å². The number of pyridine rings is 1. The molecule has 3 aromatic heterocycles. The van der Waals surface area contributed by atoms with Crippen LogP contribution < -0.4 is 0 Å². The second-order valence-corrected chi connectivity index (χ2v) is 15.3. The summed E-state index contributed by atoms with van der Waals surface area (Å²) in [5.74, 6) is 1.85. The molecule has 0 aliphatic rings. The maximum atomic E-state index is 6.86. The molecule has 0 spiro atoms. The van der Waals surface area contributed by atoms with E-state index in [-0.39, 0.29) is 0 Å². The highest BCUT2D eigenvalue weighted by molar-refractivity contribution is 6.25. The third-order valence-corrected chi connectivity index (χ3v) is 11.7. The lowest BCUT2D eigenvalue weighted by molar-refractivity contribution is 0.672. The monoisotopic (exact) mass is 778 g/mol. The molecular formula is C56H34N4O. The molecule has 9 aromatic carbocycles. The van der Waals surface area contributed by atoms with Crippen molar-refractivity contribution in [3.05, 3.63) is 206 Å². The Bertz CT molecular complexity index is 3620. The van der Waals surface area contributed by atoms with Crippen molar-refractivity contribution >= 4 is 54.4 Å². The smallest absolute Gasteiger partial charge is 0.164 e.